The van der Waals surface area contributed by atoms with Gasteiger partial charge < -0.3 is 99.5 Å². The number of aliphatic hydroxyl groups excluding tert-OH is 1. The largest absolute Gasteiger partial charge is 0.497 e. The summed E-state index contributed by atoms with van der Waals surface area (Å²) in [6, 6.07) is -1.29. The molecule has 0 aliphatic rings. The molecule has 4 aromatic rings. The molecule has 0 unspecified atom stereocenters. The van der Waals surface area contributed by atoms with E-state index in [0.29, 0.717) is 22.8 Å². The number of unbranched alkanes of at least 4 members (excludes halogenated alkanes) is 1. The van der Waals surface area contributed by atoms with E-state index in [9.17, 15) is 122 Å². The number of amides is 13. The number of nitro groups is 2. The number of aliphatic carboxylic acids is 3. The van der Waals surface area contributed by atoms with Crippen LogP contribution in [0.1, 0.15) is 116 Å². The van der Waals surface area contributed by atoms with Gasteiger partial charge in [0.25, 0.3) is 11.4 Å². The number of nitrogens with two attached hydrogens (primary N) is 2. The highest BCUT2D eigenvalue weighted by atomic mass is 16.6. The summed E-state index contributed by atoms with van der Waals surface area (Å²) in [6.45, 7) is 5.91. The third-order valence-corrected chi connectivity index (χ3v) is 16.8. The number of aliphatic hydroxyl groups is 1. The Balaban J connectivity index is 1.46. The van der Waals surface area contributed by atoms with Crippen LogP contribution in [-0.2, 0) is 96.0 Å². The van der Waals surface area contributed by atoms with E-state index >= 15 is 0 Å². The number of rotatable bonds is 48. The third-order valence-electron chi connectivity index (χ3n) is 16.8. The van der Waals surface area contributed by atoms with Crippen molar-refractivity contribution in [1.82, 2.24) is 58.5 Å². The van der Waals surface area contributed by atoms with Crippen LogP contribution in [0, 0.1) is 32.1 Å². The average molecular weight is 1570 g/mol. The van der Waals surface area contributed by atoms with E-state index in [1.807, 2.05) is 0 Å². The van der Waals surface area contributed by atoms with Gasteiger partial charge in [0, 0.05) is 55.0 Å². The quantitative estimate of drug-likeness (QED) is 0.00910. The Morgan fingerprint density at radius 2 is 1.04 bits per heavy atom. The van der Waals surface area contributed by atoms with Gasteiger partial charge in [-0.1, -0.05) is 58.0 Å². The van der Waals surface area contributed by atoms with Crippen molar-refractivity contribution in [2.45, 2.75) is 179 Å². The monoisotopic (exact) mass is 1570 g/mol. The van der Waals surface area contributed by atoms with Crippen molar-refractivity contribution in [2.24, 2.45) is 23.3 Å². The molecule has 0 fully saturated rings. The molecule has 0 spiro atoms. The molecule has 1 heterocycles. The van der Waals surface area contributed by atoms with Gasteiger partial charge in [-0.3, -0.25) is 96.9 Å². The molecule has 4 rings (SSSR count). The zero-order valence-corrected chi connectivity index (χ0v) is 61.7. The molecule has 1 aromatic heterocycles. The topological polar surface area (TPSA) is 664 Å². The molecule has 3 aromatic carbocycles. The number of non-ortho nitro benzene ring substituents is 1. The van der Waals surface area contributed by atoms with Crippen LogP contribution in [0.25, 0.3) is 11.0 Å². The maximum Gasteiger partial charge on any atom is 0.336 e. The van der Waals surface area contributed by atoms with E-state index in [1.54, 1.807) is 44.2 Å². The molecule has 19 N–H and O–H groups in total. The van der Waals surface area contributed by atoms with Crippen LogP contribution in [0.15, 0.2) is 82.0 Å². The van der Waals surface area contributed by atoms with Crippen molar-refractivity contribution in [3.05, 3.63) is 120 Å². The minimum Gasteiger partial charge on any atom is -0.497 e. The SMILES string of the molecule is COc1ccc2c(CC(=O)N[C@@H](CO)C(=O)N[C@@H](CCC(=O)O)C(=O)N[C@H](C(=O)N[C@@H](CC(N)=O)C(=O)N[C@@H](CC(C)C)C(=O)N[C@@H](CC(=O)O)C(=O)N[C@@H](C)C(=O)N[C@@H](CCC(=O)O)C(=O)N[C@@H](Cc3ccccc3)C(=O)N[C@@H](CCCCNC(=O)Cc3ccc([N+](=O)[O-])cc3[N+](=O)[O-])C(N)=O)C(C)C)cc(=O)oc2c1. The van der Waals surface area contributed by atoms with E-state index in [1.165, 1.54) is 39.2 Å². The second-order valence-corrected chi connectivity index (χ2v) is 26.5. The number of carbonyl (C=O) groups excluding carboxylic acids is 13. The maximum absolute atomic E-state index is 14.2. The number of carboxylic acid groups (broad SMARTS) is 3. The molecule has 42 nitrogen and oxygen atoms in total. The number of primary amides is 2. The lowest BCUT2D eigenvalue weighted by Gasteiger charge is -2.29. The highest BCUT2D eigenvalue weighted by Crippen LogP contribution is 2.26. The van der Waals surface area contributed by atoms with Crippen molar-refractivity contribution in [3.63, 3.8) is 0 Å². The molecule has 0 saturated heterocycles. The van der Waals surface area contributed by atoms with Crippen molar-refractivity contribution < 1.29 is 116 Å². The fraction of sp³-hybridized carbons (Fsp3) is 0.471. The van der Waals surface area contributed by atoms with E-state index < -0.39 is 252 Å². The van der Waals surface area contributed by atoms with Gasteiger partial charge >= 0.3 is 23.5 Å². The maximum atomic E-state index is 14.2. The number of nitrogens with zero attached hydrogens (tertiary/aromatic N) is 2. The number of benzene rings is 3. The van der Waals surface area contributed by atoms with Crippen molar-refractivity contribution in [1.29, 1.82) is 0 Å². The molecule has 42 heteroatoms. The predicted molar refractivity (Wildman–Crippen MR) is 389 cm³/mol. The van der Waals surface area contributed by atoms with E-state index in [2.05, 4.69) is 58.5 Å². The summed E-state index contributed by atoms with van der Waals surface area (Å²) in [6.07, 6.45) is -6.44. The first-order valence-electron chi connectivity index (χ1n) is 34.9. The Morgan fingerprint density at radius 3 is 1.61 bits per heavy atom. The van der Waals surface area contributed by atoms with Crippen LogP contribution < -0.4 is 80.3 Å². The molecule has 0 bridgehead atoms. The minimum absolute atomic E-state index is 0.0398. The van der Waals surface area contributed by atoms with Crippen LogP contribution in [-0.4, -0.2) is 206 Å². The van der Waals surface area contributed by atoms with Gasteiger partial charge in [0.05, 0.1) is 55.3 Å². The van der Waals surface area contributed by atoms with Gasteiger partial charge in [-0.15, -0.1) is 0 Å². The Morgan fingerprint density at radius 1 is 0.518 bits per heavy atom. The predicted octanol–water partition coefficient (Wildman–Crippen LogP) is -2.94. The number of carboxylic acids is 3. The molecule has 0 aliphatic carbocycles. The number of nitro benzene ring substituents is 2. The Labute approximate surface area is 637 Å². The van der Waals surface area contributed by atoms with Crippen molar-refractivity contribution in [2.75, 3.05) is 20.3 Å². The smallest absolute Gasteiger partial charge is 0.336 e. The molecule has 0 saturated carbocycles. The normalized spacial score (nSPS) is 13.7. The van der Waals surface area contributed by atoms with Gasteiger partial charge in [0.2, 0.25) is 76.8 Å². The summed E-state index contributed by atoms with van der Waals surface area (Å²) >= 11 is 0. The first-order chi connectivity index (χ1) is 52.7. The van der Waals surface area contributed by atoms with Gasteiger partial charge in [0.1, 0.15) is 71.8 Å². The van der Waals surface area contributed by atoms with Crippen LogP contribution in [0.3, 0.4) is 0 Å². The Hall–Kier alpha value is -13.1. The van der Waals surface area contributed by atoms with Gasteiger partial charge in [-0.05, 0) is 86.6 Å². The molecule has 0 aliphatic heterocycles. The first kappa shape index (κ1) is 91.3. The minimum atomic E-state index is -2.07. The first-order valence-corrected chi connectivity index (χ1v) is 34.9. The van der Waals surface area contributed by atoms with Crippen LogP contribution in [0.4, 0.5) is 11.4 Å². The van der Waals surface area contributed by atoms with E-state index in [0.717, 1.165) is 25.1 Å². The molecular formula is C70H91N15O27. The van der Waals surface area contributed by atoms with Gasteiger partial charge in [-0.2, -0.15) is 0 Å². The second kappa shape index (κ2) is 44.4. The molecule has 0 radical (unpaired) electrons. The number of nitrogens with one attached hydrogen (secondary N) is 11. The number of ether oxygens (including phenoxy) is 1. The summed E-state index contributed by atoms with van der Waals surface area (Å²) in [7, 11) is 1.37. The number of hydrogen-bond acceptors (Lipinski definition) is 24. The highest BCUT2D eigenvalue weighted by molar-refractivity contribution is 6.01. The molecule has 608 valence electrons. The van der Waals surface area contributed by atoms with Crippen molar-refractivity contribution in [3.8, 4) is 5.75 Å². The lowest BCUT2D eigenvalue weighted by molar-refractivity contribution is -0.394. The second-order valence-electron chi connectivity index (χ2n) is 26.5. The highest BCUT2D eigenvalue weighted by Gasteiger charge is 2.38. The molecule has 10 atom stereocenters. The summed E-state index contributed by atoms with van der Waals surface area (Å²) in [5, 5.41) is 87.9. The molecule has 112 heavy (non-hydrogen) atoms. The number of fused-ring (bicyclic) bond motifs is 1. The fourth-order valence-corrected chi connectivity index (χ4v) is 11.0. The summed E-state index contributed by atoms with van der Waals surface area (Å²) in [4.78, 5) is 246. The lowest BCUT2D eigenvalue weighted by atomic mass is 10.00. The number of carbonyl (C=O) groups is 16. The summed E-state index contributed by atoms with van der Waals surface area (Å²) < 4.78 is 10.4. The fourth-order valence-electron chi connectivity index (χ4n) is 11.0. The third kappa shape index (κ3) is 30.5. The standard InChI is InChI=1S/C70H91N15O27/c1-34(2)24-46(79-68(104)48(31-53(71)87)82-70(106)60(35(3)4)83-64(100)45(20-22-57(92)93)78-69(105)50(33-86)75-55(89)27-39-28-59(96)112-52-30-41(111-6)17-18-42(39)52)66(102)81-49(32-58(94)95)65(101)74-36(5)62(98)77-44(19-21-56(90)91)63(99)80-47(25-37-12-8-7-9-13-37)67(103)76-43(61(72)97)14-10-11-23-73-54(88)26-38-15-16-40(84(107)108)29-51(38)85(109)110/h7-9,12-13,15-18,28-30,34-36,43-50,60,86H,10-11,14,19-27,31-33H2,1-6H3,(H2,71,87)(H2,72,97)(H,73,88)(H,74,101)(H,75,89)(H,76,103)(H,77,98)(H,78,105)(H,79,104)(H,80,99)(H,81,102)(H,82,106)(H,83,100)(H,90,91)(H,92,93)(H,94,95)/t36-,43-,44-,45-,46-,47-,48-,49-,50-,60-/m0/s1. The number of hydrogen-bond donors (Lipinski definition) is 17. The Kier molecular flexibility index (Phi) is 36.2. The average Bonchev–Trinajstić information content (AvgIpc) is 0.802. The Bertz CT molecular complexity index is 4210. The van der Waals surface area contributed by atoms with Crippen LogP contribution >= 0.6 is 0 Å². The zero-order chi connectivity index (χ0) is 83.8. The van der Waals surface area contributed by atoms with Gasteiger partial charge in [-0.25, -0.2) is 4.79 Å². The van der Waals surface area contributed by atoms with Crippen molar-refractivity contribution >= 4 is 117 Å². The zero-order valence-electron chi connectivity index (χ0n) is 61.7. The lowest BCUT2D eigenvalue weighted by Crippen LogP contribution is -2.61. The summed E-state index contributed by atoms with van der Waals surface area (Å²) in [5.74, 6) is -20.3. The van der Waals surface area contributed by atoms with E-state index in [4.69, 9.17) is 20.6 Å². The van der Waals surface area contributed by atoms with E-state index in [-0.39, 0.29) is 55.4 Å². The number of methoxy groups -OCH3 is 1. The molecule has 13 amide bonds. The van der Waals surface area contributed by atoms with Gasteiger partial charge in [0.15, 0.2) is 0 Å². The van der Waals surface area contributed by atoms with Crippen LogP contribution in [0.2, 0.25) is 0 Å². The molecular weight excluding hydrogens is 1480 g/mol. The summed E-state index contributed by atoms with van der Waals surface area (Å²) in [5.41, 5.74) is 9.66. The van der Waals surface area contributed by atoms with Crippen LogP contribution in [0.5, 0.6) is 5.75 Å².